The van der Waals surface area contributed by atoms with Gasteiger partial charge in [0.05, 0.1) is 12.1 Å². The number of carbonyl (C=O) groups excluding carboxylic acids is 2. The van der Waals surface area contributed by atoms with E-state index >= 15 is 0 Å². The molecule has 158 valence electrons. The number of nitrogens with zero attached hydrogens (tertiary/aromatic N) is 5. The lowest BCUT2D eigenvalue weighted by molar-refractivity contribution is -0.136. The number of carbonyl (C=O) groups is 2. The summed E-state index contributed by atoms with van der Waals surface area (Å²) in [6, 6.07) is 2.27. The van der Waals surface area contributed by atoms with Gasteiger partial charge in [-0.25, -0.2) is 9.78 Å². The van der Waals surface area contributed by atoms with Crippen molar-refractivity contribution in [3.63, 3.8) is 0 Å². The van der Waals surface area contributed by atoms with Gasteiger partial charge in [-0.2, -0.15) is 18.4 Å². The quantitative estimate of drug-likeness (QED) is 0.714. The predicted octanol–water partition coefficient (Wildman–Crippen LogP) is 2.93. The van der Waals surface area contributed by atoms with Crippen LogP contribution in [0.5, 0.6) is 0 Å². The largest absolute Gasteiger partial charge is 0.448 e. The zero-order valence-electron chi connectivity index (χ0n) is 15.4. The molecule has 2 amide bonds. The number of amides is 2. The maximum Gasteiger partial charge on any atom is 0.420 e. The Labute approximate surface area is 173 Å². The van der Waals surface area contributed by atoms with Crippen LogP contribution >= 0.6 is 11.6 Å². The van der Waals surface area contributed by atoms with Crippen LogP contribution < -0.4 is 0 Å². The van der Waals surface area contributed by atoms with E-state index < -0.39 is 23.3 Å². The molecule has 2 saturated heterocycles. The minimum atomic E-state index is -4.77. The maximum atomic E-state index is 13.4. The zero-order valence-corrected chi connectivity index (χ0v) is 16.2. The van der Waals surface area contributed by atoms with Crippen LogP contribution in [0.4, 0.5) is 18.0 Å². The van der Waals surface area contributed by atoms with Gasteiger partial charge in [-0.15, -0.1) is 0 Å². The molecule has 0 aromatic carbocycles. The maximum absolute atomic E-state index is 13.4. The highest BCUT2D eigenvalue weighted by atomic mass is 35.5. The Balaban J connectivity index is 1.61. The Bertz CT molecular complexity index is 1070. The fraction of sp³-hybridized carbons (Fsp3) is 0.444. The smallest absolute Gasteiger partial charge is 0.420 e. The van der Waals surface area contributed by atoms with Gasteiger partial charge in [0.25, 0.3) is 5.91 Å². The van der Waals surface area contributed by atoms with Gasteiger partial charge in [-0.3, -0.25) is 9.20 Å². The van der Waals surface area contributed by atoms with Gasteiger partial charge in [0.15, 0.2) is 11.3 Å². The molecular weight excluding hydrogens is 427 g/mol. The number of nitriles is 1. The summed E-state index contributed by atoms with van der Waals surface area (Å²) >= 11 is 6.18. The topological polar surface area (TPSA) is 90.9 Å². The van der Waals surface area contributed by atoms with Gasteiger partial charge in [0.2, 0.25) is 0 Å². The van der Waals surface area contributed by atoms with Crippen LogP contribution in [0.1, 0.15) is 34.5 Å². The predicted molar refractivity (Wildman–Crippen MR) is 96.9 cm³/mol. The molecule has 8 nitrogen and oxygen atoms in total. The number of aromatic nitrogens is 2. The fourth-order valence-electron chi connectivity index (χ4n) is 3.79. The second-order valence-corrected chi connectivity index (χ2v) is 7.39. The van der Waals surface area contributed by atoms with E-state index in [2.05, 4.69) is 4.98 Å². The second kappa shape index (κ2) is 7.36. The summed E-state index contributed by atoms with van der Waals surface area (Å²) in [7, 11) is 0. The van der Waals surface area contributed by atoms with Gasteiger partial charge in [0.1, 0.15) is 23.4 Å². The van der Waals surface area contributed by atoms with E-state index in [0.29, 0.717) is 45.1 Å². The Morgan fingerprint density at radius 2 is 2.00 bits per heavy atom. The monoisotopic (exact) mass is 441 g/mol. The molecule has 12 heteroatoms. The molecule has 0 spiro atoms. The Hall–Kier alpha value is -3.00. The average Bonchev–Trinajstić information content (AvgIpc) is 3.29. The minimum Gasteiger partial charge on any atom is -0.448 e. The lowest BCUT2D eigenvalue weighted by Gasteiger charge is -2.35. The van der Waals surface area contributed by atoms with E-state index in [9.17, 15) is 22.8 Å². The van der Waals surface area contributed by atoms with Crippen molar-refractivity contribution in [3.8, 4) is 6.07 Å². The van der Waals surface area contributed by atoms with E-state index in [0.717, 1.165) is 10.6 Å². The van der Waals surface area contributed by atoms with Crippen LogP contribution in [0.15, 0.2) is 12.3 Å². The first-order chi connectivity index (χ1) is 14.2. The summed E-state index contributed by atoms with van der Waals surface area (Å²) in [5.41, 5.74) is -2.25. The Morgan fingerprint density at radius 1 is 1.30 bits per heavy atom. The molecule has 0 unspecified atom stereocenters. The van der Waals surface area contributed by atoms with Crippen molar-refractivity contribution in [2.24, 2.45) is 0 Å². The number of cyclic esters (lactones) is 1. The molecule has 0 radical (unpaired) electrons. The molecule has 0 saturated carbocycles. The molecular formula is C18H15ClF3N5O3. The highest BCUT2D eigenvalue weighted by Crippen LogP contribution is 2.35. The number of alkyl halides is 3. The van der Waals surface area contributed by atoms with Crippen LogP contribution in [0.3, 0.4) is 0 Å². The summed E-state index contributed by atoms with van der Waals surface area (Å²) < 4.78 is 46.1. The summed E-state index contributed by atoms with van der Waals surface area (Å²) in [6.45, 7) is 1.43. The summed E-state index contributed by atoms with van der Waals surface area (Å²) in [5, 5.41) is 8.74. The molecule has 4 rings (SSSR count). The van der Waals surface area contributed by atoms with Crippen LogP contribution in [-0.2, 0) is 10.9 Å². The number of imidazole rings is 1. The summed E-state index contributed by atoms with van der Waals surface area (Å²) in [5.74, 6) is -0.599. The van der Waals surface area contributed by atoms with Crippen molar-refractivity contribution in [3.05, 3.63) is 34.2 Å². The standard InChI is InChI=1S/C18H15ClF3N5O3/c19-14-13(24-15-12(18(20,21)22)7-10(8-23)9-27(14)15)16(28)25-3-1-11(2-4-25)26-5-6-30-17(26)29/h7,9,11H,1-6H2. The molecule has 2 fully saturated rings. The molecule has 0 bridgehead atoms. The molecule has 0 N–H and O–H groups in total. The third-order valence-electron chi connectivity index (χ3n) is 5.28. The normalized spacial score (nSPS) is 18.0. The number of likely N-dealkylation sites (tertiary alicyclic amines) is 1. The van der Waals surface area contributed by atoms with Crippen LogP contribution in [0.2, 0.25) is 5.15 Å². The van der Waals surface area contributed by atoms with E-state index in [4.69, 9.17) is 21.6 Å². The third kappa shape index (κ3) is 3.41. The number of hydrogen-bond acceptors (Lipinski definition) is 5. The number of piperidine rings is 1. The van der Waals surface area contributed by atoms with E-state index in [1.807, 2.05) is 0 Å². The summed E-state index contributed by atoms with van der Waals surface area (Å²) in [4.78, 5) is 31.5. The number of fused-ring (bicyclic) bond motifs is 1. The first-order valence-electron chi connectivity index (χ1n) is 9.12. The van der Waals surface area contributed by atoms with Crippen LogP contribution in [0, 0.1) is 11.3 Å². The van der Waals surface area contributed by atoms with Gasteiger partial charge < -0.3 is 14.5 Å². The SMILES string of the molecule is N#Cc1cc(C(F)(F)F)c2nc(C(=O)N3CCC(N4CCOC4=O)CC3)c(Cl)n2c1. The lowest BCUT2D eigenvalue weighted by atomic mass is 10.0. The fourth-order valence-corrected chi connectivity index (χ4v) is 4.04. The molecule has 0 aliphatic carbocycles. The van der Waals surface area contributed by atoms with Crippen molar-refractivity contribution >= 4 is 29.2 Å². The van der Waals surface area contributed by atoms with Gasteiger partial charge >= 0.3 is 12.3 Å². The van der Waals surface area contributed by atoms with Crippen molar-refractivity contribution in [1.82, 2.24) is 19.2 Å². The molecule has 4 heterocycles. The first-order valence-corrected chi connectivity index (χ1v) is 9.50. The number of halogens is 4. The first kappa shape index (κ1) is 20.3. The number of hydrogen-bond donors (Lipinski definition) is 0. The molecule has 2 aliphatic rings. The number of rotatable bonds is 2. The van der Waals surface area contributed by atoms with Gasteiger partial charge in [-0.1, -0.05) is 11.6 Å². The van der Waals surface area contributed by atoms with E-state index in [-0.39, 0.29) is 28.5 Å². The summed E-state index contributed by atoms with van der Waals surface area (Å²) in [6.07, 6.45) is -3.01. The highest BCUT2D eigenvalue weighted by Gasteiger charge is 2.38. The van der Waals surface area contributed by atoms with Crippen LogP contribution in [0.25, 0.3) is 5.65 Å². The van der Waals surface area contributed by atoms with Crippen molar-refractivity contribution in [2.45, 2.75) is 25.1 Å². The Morgan fingerprint density at radius 3 is 2.57 bits per heavy atom. The molecule has 2 aromatic rings. The molecule has 2 aromatic heterocycles. The van der Waals surface area contributed by atoms with Crippen molar-refractivity contribution in [1.29, 1.82) is 5.26 Å². The van der Waals surface area contributed by atoms with Crippen molar-refractivity contribution in [2.75, 3.05) is 26.2 Å². The Kier molecular flexibility index (Phi) is 4.97. The minimum absolute atomic E-state index is 0.0596. The number of ether oxygens (including phenoxy) is 1. The van der Waals surface area contributed by atoms with Crippen LogP contribution in [-0.4, -0.2) is 63.5 Å². The molecule has 30 heavy (non-hydrogen) atoms. The molecule has 0 atom stereocenters. The van der Waals surface area contributed by atoms with Gasteiger partial charge in [0, 0.05) is 25.3 Å². The third-order valence-corrected chi connectivity index (χ3v) is 5.64. The van der Waals surface area contributed by atoms with Crippen molar-refractivity contribution < 1.29 is 27.5 Å². The molecule has 2 aliphatic heterocycles. The number of pyridine rings is 1. The zero-order chi connectivity index (χ0) is 21.6. The second-order valence-electron chi connectivity index (χ2n) is 7.03. The van der Waals surface area contributed by atoms with E-state index in [1.54, 1.807) is 11.0 Å². The highest BCUT2D eigenvalue weighted by molar-refractivity contribution is 6.33. The lowest BCUT2D eigenvalue weighted by Crippen LogP contribution is -2.47. The van der Waals surface area contributed by atoms with Gasteiger partial charge in [-0.05, 0) is 18.9 Å². The van der Waals surface area contributed by atoms with E-state index in [1.165, 1.54) is 4.90 Å². The average molecular weight is 442 g/mol.